The Kier molecular flexibility index (Phi) is 8.49. The van der Waals surface area contributed by atoms with Gasteiger partial charge in [-0.2, -0.15) is 0 Å². The molecule has 3 aromatic heterocycles. The Balaban J connectivity index is 0.00000400. The Bertz CT molecular complexity index is 2370. The Hall–Kier alpha value is -6.70. The summed E-state index contributed by atoms with van der Waals surface area (Å²) in [5.41, 5.74) is 34.6. The number of aromatic nitrogens is 4. The van der Waals surface area contributed by atoms with Gasteiger partial charge in [0.25, 0.3) is 0 Å². The molecule has 2 aliphatic heterocycles. The van der Waals surface area contributed by atoms with Crippen LogP contribution in [0.25, 0.3) is 90.9 Å². The molecule has 4 aromatic carbocycles. The number of nitrogens with zero attached hydrogens (tertiary/aromatic N) is 2. The summed E-state index contributed by atoms with van der Waals surface area (Å²) in [6.07, 6.45) is 8.20. The summed E-state index contributed by atoms with van der Waals surface area (Å²) in [4.78, 5) is 18.1. The number of anilines is 3. The van der Waals surface area contributed by atoms with E-state index in [0.717, 1.165) is 89.4 Å². The first-order valence-corrected chi connectivity index (χ1v) is 16.9. The molecule has 0 amide bonds. The van der Waals surface area contributed by atoms with Crippen LogP contribution in [-0.4, -0.2) is 25.0 Å². The molecule has 9 heteroatoms. The number of aromatic amines is 2. The van der Waals surface area contributed by atoms with E-state index < -0.39 is 0 Å². The monoisotopic (exact) mass is 739 g/mol. The van der Waals surface area contributed by atoms with Crippen LogP contribution >= 0.6 is 0 Å². The molecule has 5 heterocycles. The van der Waals surface area contributed by atoms with Crippen LogP contribution in [0.3, 0.4) is 0 Å². The molecule has 0 fully saturated rings. The van der Waals surface area contributed by atoms with Crippen molar-refractivity contribution in [3.8, 4) is 50.3 Å². The normalized spacial score (nSPS) is 11.8. The summed E-state index contributed by atoms with van der Waals surface area (Å²) < 4.78 is 0. The average molecular weight is 741 g/mol. The van der Waals surface area contributed by atoms with E-state index in [4.69, 9.17) is 27.2 Å². The Labute approximate surface area is 318 Å². The molecule has 2 aliphatic rings. The van der Waals surface area contributed by atoms with Crippen molar-refractivity contribution in [2.45, 2.75) is 0 Å². The van der Waals surface area contributed by atoms with Crippen molar-refractivity contribution < 1.29 is 24.6 Å². The third-order valence-corrected chi connectivity index (χ3v) is 9.51. The van der Waals surface area contributed by atoms with Gasteiger partial charge in [0.2, 0.25) is 0 Å². The molecule has 252 valence electrons. The molecule has 0 spiro atoms. The summed E-state index contributed by atoms with van der Waals surface area (Å²) in [5, 5.41) is 10.2. The van der Waals surface area contributed by atoms with Crippen molar-refractivity contribution >= 4 is 63.4 Å². The van der Waals surface area contributed by atoms with Gasteiger partial charge in [-0.3, -0.25) is 0 Å². The SMILES string of the molecule is Nc1ccc(-c2c3nc(c(-c4ccc(N)cc4)c4ccc([nH]4)c(-c4ccc(O)cc4)c4nc(c(-c5ccc(N)cc5)c5ccc2[nH]5)C=C4)C=C3)cc1.[Zn]. The van der Waals surface area contributed by atoms with Crippen molar-refractivity contribution in [1.82, 2.24) is 19.9 Å². The number of aromatic hydroxyl groups is 1. The van der Waals surface area contributed by atoms with Crippen molar-refractivity contribution in [2.75, 3.05) is 17.2 Å². The van der Waals surface area contributed by atoms with Crippen LogP contribution in [0.15, 0.2) is 121 Å². The van der Waals surface area contributed by atoms with E-state index in [1.54, 1.807) is 12.1 Å². The standard InChI is InChI=1S/C44H33N7O.Zn/c45-29-9-1-25(2-10-29)41-33-17-19-35(48-33)42(26-3-11-30(46)12-4-26)37-21-23-39(50-37)44(28-7-15-32(52)16-8-28)40-24-22-38(51-40)43(36-20-18-34(41)49-36)27-5-13-31(47)14-6-27;/h1-24,48,51-52H,45-47H2;. The summed E-state index contributed by atoms with van der Waals surface area (Å²) in [7, 11) is 0. The van der Waals surface area contributed by atoms with Gasteiger partial charge in [-0.05, 0) is 119 Å². The van der Waals surface area contributed by atoms with Crippen molar-refractivity contribution in [2.24, 2.45) is 0 Å². The number of H-pyrrole nitrogens is 2. The van der Waals surface area contributed by atoms with Crippen LogP contribution in [0.4, 0.5) is 17.1 Å². The van der Waals surface area contributed by atoms with Crippen molar-refractivity contribution in [3.63, 3.8) is 0 Å². The van der Waals surface area contributed by atoms with Gasteiger partial charge in [0.1, 0.15) is 5.75 Å². The molecule has 8 nitrogen and oxygen atoms in total. The number of phenolic OH excluding ortho intramolecular Hbond substituents is 1. The number of hydrogen-bond donors (Lipinski definition) is 6. The molecule has 0 unspecified atom stereocenters. The van der Waals surface area contributed by atoms with Gasteiger partial charge >= 0.3 is 0 Å². The van der Waals surface area contributed by atoms with E-state index in [9.17, 15) is 5.11 Å². The zero-order valence-electron chi connectivity index (χ0n) is 28.6. The minimum Gasteiger partial charge on any atom is -0.508 e. The number of nitrogen functional groups attached to an aromatic ring is 3. The smallest absolute Gasteiger partial charge is 0.115 e. The largest absolute Gasteiger partial charge is 0.508 e. The van der Waals surface area contributed by atoms with Crippen LogP contribution in [0.2, 0.25) is 0 Å². The van der Waals surface area contributed by atoms with Gasteiger partial charge in [-0.25, -0.2) is 9.97 Å². The predicted molar refractivity (Wildman–Crippen MR) is 216 cm³/mol. The Morgan fingerprint density at radius 3 is 0.868 bits per heavy atom. The predicted octanol–water partition coefficient (Wildman–Crippen LogP) is 9.77. The number of fused-ring (bicyclic) bond motifs is 8. The second-order valence-corrected chi connectivity index (χ2v) is 12.9. The van der Waals surface area contributed by atoms with Gasteiger partial charge in [0.05, 0.1) is 22.8 Å². The second kappa shape index (κ2) is 13.5. The molecular formula is C44H33N7OZn. The second-order valence-electron chi connectivity index (χ2n) is 12.9. The van der Waals surface area contributed by atoms with Crippen LogP contribution in [0.5, 0.6) is 5.75 Å². The molecule has 0 saturated heterocycles. The van der Waals surface area contributed by atoms with Crippen molar-refractivity contribution in [3.05, 3.63) is 144 Å². The molecule has 0 aliphatic carbocycles. The summed E-state index contributed by atoms with van der Waals surface area (Å²) in [6, 6.07) is 39.1. The van der Waals surface area contributed by atoms with E-state index in [0.29, 0.717) is 17.1 Å². The van der Waals surface area contributed by atoms with Gasteiger partial charge in [-0.15, -0.1) is 0 Å². The quantitative estimate of drug-likeness (QED) is 0.0780. The van der Waals surface area contributed by atoms with Crippen molar-refractivity contribution in [1.29, 1.82) is 0 Å². The number of phenols is 1. The maximum Gasteiger partial charge on any atom is 0.115 e. The van der Waals surface area contributed by atoms with Gasteiger partial charge in [0.15, 0.2) is 0 Å². The third kappa shape index (κ3) is 6.17. The number of rotatable bonds is 4. The minimum absolute atomic E-state index is 0. The zero-order valence-corrected chi connectivity index (χ0v) is 31.6. The zero-order chi connectivity index (χ0) is 35.3. The molecule has 9 N–H and O–H groups in total. The fraction of sp³-hybridized carbons (Fsp3) is 0. The maximum absolute atomic E-state index is 10.2. The first-order chi connectivity index (χ1) is 25.4. The first kappa shape index (κ1) is 33.4. The van der Waals surface area contributed by atoms with Crippen LogP contribution in [0, 0.1) is 0 Å². The van der Waals surface area contributed by atoms with E-state index in [-0.39, 0.29) is 25.2 Å². The number of hydrogen-bond acceptors (Lipinski definition) is 6. The minimum atomic E-state index is 0. The fourth-order valence-electron chi connectivity index (χ4n) is 7.00. The number of nitrogens with two attached hydrogens (primary N) is 3. The average Bonchev–Trinajstić information content (AvgIpc) is 3.99. The van der Waals surface area contributed by atoms with Crippen LogP contribution in [-0.2, 0) is 19.5 Å². The Morgan fingerprint density at radius 2 is 0.604 bits per heavy atom. The molecule has 0 saturated carbocycles. The van der Waals surface area contributed by atoms with E-state index in [2.05, 4.69) is 46.4 Å². The van der Waals surface area contributed by atoms with E-state index in [1.807, 2.05) is 97.1 Å². The van der Waals surface area contributed by atoms with Gasteiger partial charge in [-0.1, -0.05) is 48.5 Å². The maximum atomic E-state index is 10.2. The third-order valence-electron chi connectivity index (χ3n) is 9.51. The topological polar surface area (TPSA) is 156 Å². The van der Waals surface area contributed by atoms with E-state index >= 15 is 0 Å². The summed E-state index contributed by atoms with van der Waals surface area (Å²) >= 11 is 0. The molecular weight excluding hydrogens is 708 g/mol. The fourth-order valence-corrected chi connectivity index (χ4v) is 7.00. The van der Waals surface area contributed by atoms with Crippen LogP contribution in [0.1, 0.15) is 22.8 Å². The molecule has 53 heavy (non-hydrogen) atoms. The molecule has 0 atom stereocenters. The molecule has 7 aromatic rings. The molecule has 8 bridgehead atoms. The van der Waals surface area contributed by atoms with Crippen LogP contribution < -0.4 is 17.2 Å². The number of nitrogens with one attached hydrogen (secondary N) is 2. The molecule has 0 radical (unpaired) electrons. The first-order valence-electron chi connectivity index (χ1n) is 16.9. The Morgan fingerprint density at radius 1 is 0.358 bits per heavy atom. The van der Waals surface area contributed by atoms with Gasteiger partial charge < -0.3 is 32.3 Å². The number of benzene rings is 4. The summed E-state index contributed by atoms with van der Waals surface area (Å²) in [6.45, 7) is 0. The van der Waals surface area contributed by atoms with E-state index in [1.165, 1.54) is 0 Å². The van der Waals surface area contributed by atoms with Gasteiger partial charge in [0, 0.05) is 80.9 Å². The molecule has 9 rings (SSSR count). The summed E-state index contributed by atoms with van der Waals surface area (Å²) in [5.74, 6) is 0.189.